The third kappa shape index (κ3) is 2.23. The zero-order chi connectivity index (χ0) is 11.4. The number of nitrogens with zero attached hydrogens (tertiary/aromatic N) is 1. The number of aliphatic carboxylic acids is 1. The molecule has 85 valence electrons. The first-order valence-electron chi connectivity index (χ1n) is 5.78. The van der Waals surface area contributed by atoms with Crippen LogP contribution in [-0.4, -0.2) is 16.1 Å². The fraction of sp³-hybridized carbons (Fsp3) is 0.538. The third-order valence-electron chi connectivity index (χ3n) is 3.48. The number of aromatic nitrogens is 1. The van der Waals surface area contributed by atoms with Crippen LogP contribution in [0.2, 0.25) is 0 Å². The number of pyridine rings is 1. The molecular weight excluding hydrogens is 202 g/mol. The molecule has 1 radical (unpaired) electrons. The molecule has 1 saturated carbocycles. The predicted octanol–water partition coefficient (Wildman–Crippen LogP) is 2.56. The number of carboxylic acids is 1. The van der Waals surface area contributed by atoms with Gasteiger partial charge in [-0.2, -0.15) is 0 Å². The predicted molar refractivity (Wildman–Crippen MR) is 60.1 cm³/mol. The fourth-order valence-corrected chi connectivity index (χ4v) is 2.68. The SMILES string of the molecule is O=C(O)CC1(c2[c]nccc2)CCCCC1. The second-order valence-corrected chi connectivity index (χ2v) is 4.57. The number of carbonyl (C=O) groups is 1. The van der Waals surface area contributed by atoms with Gasteiger partial charge in [-0.05, 0) is 24.5 Å². The van der Waals surface area contributed by atoms with Crippen molar-refractivity contribution in [2.75, 3.05) is 0 Å². The summed E-state index contributed by atoms with van der Waals surface area (Å²) in [5.41, 5.74) is 0.746. The molecular formula is C13H16NO2. The van der Waals surface area contributed by atoms with E-state index in [0.717, 1.165) is 31.2 Å². The van der Waals surface area contributed by atoms with E-state index in [-0.39, 0.29) is 11.8 Å². The maximum Gasteiger partial charge on any atom is 0.304 e. The molecule has 1 aromatic rings. The van der Waals surface area contributed by atoms with E-state index in [1.54, 1.807) is 6.20 Å². The highest BCUT2D eigenvalue weighted by Crippen LogP contribution is 2.41. The van der Waals surface area contributed by atoms with Gasteiger partial charge in [0.2, 0.25) is 0 Å². The lowest BCUT2D eigenvalue weighted by Crippen LogP contribution is -2.32. The minimum atomic E-state index is -0.723. The van der Waals surface area contributed by atoms with Crippen LogP contribution in [0.5, 0.6) is 0 Å². The molecule has 16 heavy (non-hydrogen) atoms. The van der Waals surface area contributed by atoms with Gasteiger partial charge in [-0.3, -0.25) is 9.78 Å². The average Bonchev–Trinajstić information content (AvgIpc) is 2.30. The van der Waals surface area contributed by atoms with E-state index in [9.17, 15) is 4.79 Å². The fourth-order valence-electron chi connectivity index (χ4n) is 2.68. The second-order valence-electron chi connectivity index (χ2n) is 4.57. The first-order chi connectivity index (χ1) is 7.73. The van der Waals surface area contributed by atoms with Crippen LogP contribution in [0.4, 0.5) is 0 Å². The Kier molecular flexibility index (Phi) is 3.22. The van der Waals surface area contributed by atoms with E-state index in [0.29, 0.717) is 0 Å². The Morgan fingerprint density at radius 2 is 2.19 bits per heavy atom. The van der Waals surface area contributed by atoms with Crippen LogP contribution in [0.1, 0.15) is 44.1 Å². The summed E-state index contributed by atoms with van der Waals surface area (Å²) in [4.78, 5) is 15.0. The first kappa shape index (κ1) is 11.1. The molecule has 2 rings (SSSR count). The number of carboxylic acid groups (broad SMARTS) is 1. The van der Waals surface area contributed by atoms with Gasteiger partial charge in [0.15, 0.2) is 0 Å². The highest BCUT2D eigenvalue weighted by atomic mass is 16.4. The zero-order valence-corrected chi connectivity index (χ0v) is 9.28. The zero-order valence-electron chi connectivity index (χ0n) is 9.28. The minimum absolute atomic E-state index is 0.204. The summed E-state index contributed by atoms with van der Waals surface area (Å²) in [6.45, 7) is 0. The highest BCUT2D eigenvalue weighted by Gasteiger charge is 2.36. The van der Waals surface area contributed by atoms with E-state index in [4.69, 9.17) is 5.11 Å². The van der Waals surface area contributed by atoms with Crippen molar-refractivity contribution < 1.29 is 9.90 Å². The van der Waals surface area contributed by atoms with Gasteiger partial charge in [0.25, 0.3) is 0 Å². The number of rotatable bonds is 3. The number of hydrogen-bond donors (Lipinski definition) is 1. The van der Waals surface area contributed by atoms with Crippen molar-refractivity contribution >= 4 is 5.97 Å². The normalized spacial score (nSPS) is 19.2. The van der Waals surface area contributed by atoms with Crippen molar-refractivity contribution in [2.45, 2.75) is 43.9 Å². The monoisotopic (exact) mass is 218 g/mol. The summed E-state index contributed by atoms with van der Waals surface area (Å²) < 4.78 is 0. The van der Waals surface area contributed by atoms with Crippen LogP contribution in [0, 0.1) is 6.20 Å². The molecule has 0 spiro atoms. The molecule has 0 atom stereocenters. The number of hydrogen-bond acceptors (Lipinski definition) is 2. The Morgan fingerprint density at radius 3 is 2.75 bits per heavy atom. The molecule has 0 unspecified atom stereocenters. The van der Waals surface area contributed by atoms with E-state index in [2.05, 4.69) is 11.2 Å². The van der Waals surface area contributed by atoms with Gasteiger partial charge in [-0.1, -0.05) is 25.3 Å². The molecule has 3 heteroatoms. The van der Waals surface area contributed by atoms with Crippen molar-refractivity contribution in [3.8, 4) is 0 Å². The van der Waals surface area contributed by atoms with Gasteiger partial charge in [-0.15, -0.1) is 0 Å². The average molecular weight is 218 g/mol. The summed E-state index contributed by atoms with van der Waals surface area (Å²) in [5, 5.41) is 9.06. The quantitative estimate of drug-likeness (QED) is 0.848. The summed E-state index contributed by atoms with van der Waals surface area (Å²) >= 11 is 0. The van der Waals surface area contributed by atoms with Gasteiger partial charge in [0, 0.05) is 11.6 Å². The third-order valence-corrected chi connectivity index (χ3v) is 3.48. The van der Waals surface area contributed by atoms with E-state index in [1.807, 2.05) is 12.1 Å². The Hall–Kier alpha value is -1.38. The Morgan fingerprint density at radius 1 is 1.44 bits per heavy atom. The molecule has 1 aliphatic rings. The van der Waals surface area contributed by atoms with Crippen LogP contribution >= 0.6 is 0 Å². The van der Waals surface area contributed by atoms with Crippen molar-refractivity contribution in [1.29, 1.82) is 0 Å². The van der Waals surface area contributed by atoms with Crippen molar-refractivity contribution in [3.05, 3.63) is 30.1 Å². The van der Waals surface area contributed by atoms with Crippen LogP contribution in [0.15, 0.2) is 18.3 Å². The summed E-state index contributed by atoms with van der Waals surface area (Å²) in [6, 6.07) is 3.82. The maximum atomic E-state index is 11.0. The molecule has 1 fully saturated rings. The molecule has 3 nitrogen and oxygen atoms in total. The van der Waals surface area contributed by atoms with E-state index in [1.165, 1.54) is 6.42 Å². The van der Waals surface area contributed by atoms with Crippen LogP contribution < -0.4 is 0 Å². The molecule has 0 aromatic carbocycles. The van der Waals surface area contributed by atoms with Crippen LogP contribution in [0.25, 0.3) is 0 Å². The molecule has 0 bridgehead atoms. The molecule has 1 N–H and O–H groups in total. The lowest BCUT2D eigenvalue weighted by atomic mass is 9.68. The molecule has 0 aliphatic heterocycles. The Labute approximate surface area is 95.5 Å². The van der Waals surface area contributed by atoms with Gasteiger partial charge in [-0.25, -0.2) is 0 Å². The van der Waals surface area contributed by atoms with Crippen LogP contribution in [0.3, 0.4) is 0 Å². The van der Waals surface area contributed by atoms with Gasteiger partial charge >= 0.3 is 5.97 Å². The van der Waals surface area contributed by atoms with Crippen molar-refractivity contribution in [2.24, 2.45) is 0 Å². The first-order valence-corrected chi connectivity index (χ1v) is 5.78. The largest absolute Gasteiger partial charge is 0.481 e. The van der Waals surface area contributed by atoms with E-state index < -0.39 is 5.97 Å². The van der Waals surface area contributed by atoms with Gasteiger partial charge < -0.3 is 5.11 Å². The smallest absolute Gasteiger partial charge is 0.304 e. The van der Waals surface area contributed by atoms with Gasteiger partial charge in [0.1, 0.15) is 0 Å². The molecule has 0 amide bonds. The molecule has 1 aliphatic carbocycles. The topological polar surface area (TPSA) is 50.2 Å². The lowest BCUT2D eigenvalue weighted by Gasteiger charge is -2.36. The Balaban J connectivity index is 2.29. The summed E-state index contributed by atoms with van der Waals surface area (Å²) in [5.74, 6) is -0.723. The molecule has 1 heterocycles. The van der Waals surface area contributed by atoms with E-state index >= 15 is 0 Å². The molecule has 0 saturated heterocycles. The minimum Gasteiger partial charge on any atom is -0.481 e. The Bertz CT molecular complexity index is 355. The van der Waals surface area contributed by atoms with Gasteiger partial charge in [0.05, 0.1) is 12.6 Å². The van der Waals surface area contributed by atoms with Crippen molar-refractivity contribution in [3.63, 3.8) is 0 Å². The van der Waals surface area contributed by atoms with Crippen molar-refractivity contribution in [1.82, 2.24) is 4.98 Å². The molecule has 1 aromatic heterocycles. The standard InChI is InChI=1S/C13H16NO2/c15-12(16)9-13(6-2-1-3-7-13)11-5-4-8-14-10-11/h4-5,8H,1-3,6-7,9H2,(H,15,16). The highest BCUT2D eigenvalue weighted by molar-refractivity contribution is 5.69. The summed E-state index contributed by atoms with van der Waals surface area (Å²) in [7, 11) is 0. The van der Waals surface area contributed by atoms with Crippen LogP contribution in [-0.2, 0) is 10.2 Å². The maximum absolute atomic E-state index is 11.0. The summed E-state index contributed by atoms with van der Waals surface area (Å²) in [6.07, 6.45) is 10.2. The lowest BCUT2D eigenvalue weighted by molar-refractivity contribution is -0.138. The second kappa shape index (κ2) is 4.64.